The van der Waals surface area contributed by atoms with E-state index in [2.05, 4.69) is 10.3 Å². The van der Waals surface area contributed by atoms with Crippen molar-refractivity contribution in [2.24, 2.45) is 10.9 Å². The first-order valence-corrected chi connectivity index (χ1v) is 7.98. The number of benzene rings is 1. The smallest absolute Gasteiger partial charge is 0.335 e. The van der Waals surface area contributed by atoms with Gasteiger partial charge in [-0.15, -0.1) is 0 Å². The van der Waals surface area contributed by atoms with Gasteiger partial charge >= 0.3 is 5.97 Å². The number of fused-ring (bicyclic) bond motifs is 1. The van der Waals surface area contributed by atoms with Gasteiger partial charge in [0.1, 0.15) is 5.54 Å². The van der Waals surface area contributed by atoms with Gasteiger partial charge in [-0.05, 0) is 38.0 Å². The summed E-state index contributed by atoms with van der Waals surface area (Å²) in [5, 5.41) is 15.9. The Morgan fingerprint density at radius 3 is 2.62 bits per heavy atom. The third kappa shape index (κ3) is 2.15. The van der Waals surface area contributed by atoms with Crippen LogP contribution in [0.1, 0.15) is 49.7 Å². The summed E-state index contributed by atoms with van der Waals surface area (Å²) >= 11 is 0. The first kappa shape index (κ1) is 16.3. The molecule has 2 aliphatic rings. The molecule has 2 heterocycles. The van der Waals surface area contributed by atoms with Gasteiger partial charge in [0.15, 0.2) is 0 Å². The molecule has 2 unspecified atom stereocenters. The summed E-state index contributed by atoms with van der Waals surface area (Å²) in [6, 6.07) is 4.92. The van der Waals surface area contributed by atoms with E-state index in [0.29, 0.717) is 5.96 Å². The highest BCUT2D eigenvalue weighted by molar-refractivity contribution is 6.08. The number of carboxylic acids is 1. The third-order valence-corrected chi connectivity index (χ3v) is 5.13. The summed E-state index contributed by atoms with van der Waals surface area (Å²) in [6.45, 7) is 7.73. The summed E-state index contributed by atoms with van der Waals surface area (Å²) in [6.07, 6.45) is 0. The van der Waals surface area contributed by atoms with Gasteiger partial charge in [-0.2, -0.15) is 0 Å². The van der Waals surface area contributed by atoms with Crippen molar-refractivity contribution < 1.29 is 14.7 Å². The van der Waals surface area contributed by atoms with Crippen LogP contribution in [0.2, 0.25) is 0 Å². The average Bonchev–Trinajstić information content (AvgIpc) is 2.95. The molecule has 0 aliphatic carbocycles. The minimum Gasteiger partial charge on any atom is -0.478 e. The van der Waals surface area contributed by atoms with Crippen molar-refractivity contribution in [3.8, 4) is 0 Å². The molecule has 1 aromatic carbocycles. The summed E-state index contributed by atoms with van der Waals surface area (Å²) in [5.41, 5.74) is 1.26. The molecule has 2 aliphatic heterocycles. The molecule has 0 saturated carbocycles. The summed E-state index contributed by atoms with van der Waals surface area (Å²) in [5.74, 6) is -0.501. The maximum atomic E-state index is 12.4. The Morgan fingerprint density at radius 1 is 1.42 bits per heavy atom. The fourth-order valence-electron chi connectivity index (χ4n) is 3.18. The SMILES string of the molecule is CC1c2cc(C(=O)O)ccc2N(C)N1C1=NC(C)(C(C)C)C(=O)N1. The molecule has 128 valence electrons. The van der Waals surface area contributed by atoms with E-state index in [4.69, 9.17) is 0 Å². The van der Waals surface area contributed by atoms with Crippen LogP contribution in [-0.2, 0) is 4.79 Å². The molecule has 2 atom stereocenters. The van der Waals surface area contributed by atoms with Crippen LogP contribution in [0, 0.1) is 5.92 Å². The van der Waals surface area contributed by atoms with E-state index in [1.54, 1.807) is 18.2 Å². The second kappa shape index (κ2) is 5.22. The monoisotopic (exact) mass is 330 g/mol. The molecular formula is C17H22N4O3. The molecule has 7 nitrogen and oxygen atoms in total. The van der Waals surface area contributed by atoms with Crippen molar-refractivity contribution in [2.75, 3.05) is 12.1 Å². The maximum Gasteiger partial charge on any atom is 0.335 e. The number of hydrogen-bond acceptors (Lipinski definition) is 5. The second-order valence-electron chi connectivity index (χ2n) is 6.81. The summed E-state index contributed by atoms with van der Waals surface area (Å²) in [7, 11) is 1.88. The van der Waals surface area contributed by atoms with Crippen LogP contribution in [0.3, 0.4) is 0 Å². The number of nitrogens with one attached hydrogen (secondary N) is 1. The Labute approximate surface area is 140 Å². The highest BCUT2D eigenvalue weighted by Crippen LogP contribution is 2.40. The Morgan fingerprint density at radius 2 is 2.08 bits per heavy atom. The number of carboxylic acid groups (broad SMARTS) is 1. The van der Waals surface area contributed by atoms with Gasteiger partial charge in [0.05, 0.1) is 17.3 Å². The second-order valence-corrected chi connectivity index (χ2v) is 6.81. The zero-order valence-electron chi connectivity index (χ0n) is 14.5. The molecule has 3 rings (SSSR count). The minimum absolute atomic E-state index is 0.0687. The van der Waals surface area contributed by atoms with Crippen molar-refractivity contribution in [3.63, 3.8) is 0 Å². The van der Waals surface area contributed by atoms with Gasteiger partial charge in [0.25, 0.3) is 5.91 Å². The first-order valence-electron chi connectivity index (χ1n) is 7.98. The quantitative estimate of drug-likeness (QED) is 0.866. The molecule has 0 saturated heterocycles. The van der Waals surface area contributed by atoms with Crippen molar-refractivity contribution >= 4 is 23.5 Å². The largest absolute Gasteiger partial charge is 0.478 e. The number of amides is 1. The highest BCUT2D eigenvalue weighted by Gasteiger charge is 2.46. The number of hydrogen-bond donors (Lipinski definition) is 2. The average molecular weight is 330 g/mol. The van der Waals surface area contributed by atoms with E-state index in [-0.39, 0.29) is 23.4 Å². The minimum atomic E-state index is -0.954. The van der Waals surface area contributed by atoms with Crippen LogP contribution >= 0.6 is 0 Å². The van der Waals surface area contributed by atoms with Crippen molar-refractivity contribution in [3.05, 3.63) is 29.3 Å². The molecule has 7 heteroatoms. The zero-order chi connectivity index (χ0) is 17.8. The lowest BCUT2D eigenvalue weighted by molar-refractivity contribution is -0.124. The summed E-state index contributed by atoms with van der Waals surface area (Å²) < 4.78 is 0. The number of aromatic carboxylic acids is 1. The van der Waals surface area contributed by atoms with Crippen LogP contribution in [0.15, 0.2) is 23.2 Å². The lowest BCUT2D eigenvalue weighted by atomic mass is 9.89. The fourth-order valence-corrected chi connectivity index (χ4v) is 3.18. The van der Waals surface area contributed by atoms with Crippen LogP contribution < -0.4 is 10.3 Å². The molecule has 0 fully saturated rings. The van der Waals surface area contributed by atoms with E-state index in [9.17, 15) is 14.7 Å². The molecule has 2 N–H and O–H groups in total. The molecular weight excluding hydrogens is 308 g/mol. The Bertz CT molecular complexity index is 758. The van der Waals surface area contributed by atoms with Gasteiger partial charge < -0.3 is 5.11 Å². The number of nitrogens with zero attached hydrogens (tertiary/aromatic N) is 3. The number of rotatable bonds is 2. The molecule has 1 amide bonds. The fraction of sp³-hybridized carbons (Fsp3) is 0.471. The van der Waals surface area contributed by atoms with Crippen LogP contribution in [0.25, 0.3) is 0 Å². The van der Waals surface area contributed by atoms with E-state index in [1.165, 1.54) is 0 Å². The Hall–Kier alpha value is -2.57. The number of carbonyl (C=O) groups excluding carboxylic acids is 1. The molecule has 0 spiro atoms. The number of guanidine groups is 1. The molecule has 24 heavy (non-hydrogen) atoms. The number of hydrazine groups is 1. The molecule has 0 bridgehead atoms. The first-order chi connectivity index (χ1) is 11.2. The van der Waals surface area contributed by atoms with Gasteiger partial charge in [-0.1, -0.05) is 13.8 Å². The highest BCUT2D eigenvalue weighted by atomic mass is 16.4. The van der Waals surface area contributed by atoms with E-state index >= 15 is 0 Å². The van der Waals surface area contributed by atoms with Crippen LogP contribution in [0.5, 0.6) is 0 Å². The zero-order valence-corrected chi connectivity index (χ0v) is 14.5. The molecule has 0 aromatic heterocycles. The standard InChI is InChI=1S/C17H22N4O3/c1-9(2)17(4)15(24)18-16(19-17)21-10(3)12-8-11(14(22)23)6-7-13(12)20(21)5/h6-10H,1-5H3,(H,22,23)(H,18,19,24). The van der Waals surface area contributed by atoms with Crippen molar-refractivity contribution in [1.82, 2.24) is 10.3 Å². The Kier molecular flexibility index (Phi) is 3.55. The lowest BCUT2D eigenvalue weighted by Gasteiger charge is -2.30. The van der Waals surface area contributed by atoms with E-state index in [1.807, 2.05) is 44.8 Å². The third-order valence-electron chi connectivity index (χ3n) is 5.13. The van der Waals surface area contributed by atoms with Gasteiger partial charge in [0, 0.05) is 12.6 Å². The van der Waals surface area contributed by atoms with Gasteiger partial charge in [-0.25, -0.2) is 14.8 Å². The maximum absolute atomic E-state index is 12.4. The van der Waals surface area contributed by atoms with E-state index in [0.717, 1.165) is 11.3 Å². The van der Waals surface area contributed by atoms with Gasteiger partial charge in [0.2, 0.25) is 5.96 Å². The normalized spacial score (nSPS) is 25.8. The predicted molar refractivity (Wildman–Crippen MR) is 90.9 cm³/mol. The number of anilines is 1. The lowest BCUT2D eigenvalue weighted by Crippen LogP contribution is -2.48. The van der Waals surface area contributed by atoms with Crippen molar-refractivity contribution in [2.45, 2.75) is 39.3 Å². The van der Waals surface area contributed by atoms with Crippen LogP contribution in [0.4, 0.5) is 5.69 Å². The van der Waals surface area contributed by atoms with Gasteiger partial charge in [-0.3, -0.25) is 15.1 Å². The Balaban J connectivity index is 2.00. The van der Waals surface area contributed by atoms with Crippen molar-refractivity contribution in [1.29, 1.82) is 0 Å². The number of aliphatic imine (C=N–C) groups is 1. The summed E-state index contributed by atoms with van der Waals surface area (Å²) in [4.78, 5) is 28.3. The predicted octanol–water partition coefficient (Wildman–Crippen LogP) is 2.01. The number of carbonyl (C=O) groups is 2. The molecule has 0 radical (unpaired) electrons. The van der Waals surface area contributed by atoms with E-state index < -0.39 is 11.5 Å². The van der Waals surface area contributed by atoms with Crippen LogP contribution in [-0.4, -0.2) is 40.5 Å². The molecule has 1 aromatic rings. The topological polar surface area (TPSA) is 85.2 Å².